The lowest BCUT2D eigenvalue weighted by atomic mass is 9.93. The fourth-order valence-corrected chi connectivity index (χ4v) is 5.52. The first kappa shape index (κ1) is 17.7. The monoisotopic (exact) mass is 376 g/mol. The molecule has 2 bridgehead atoms. The van der Waals surface area contributed by atoms with Crippen LogP contribution in [0.5, 0.6) is 0 Å². The molecule has 2 aromatic rings. The lowest BCUT2D eigenvalue weighted by Gasteiger charge is -2.41. The summed E-state index contributed by atoms with van der Waals surface area (Å²) in [6.07, 6.45) is 8.37. The van der Waals surface area contributed by atoms with Gasteiger partial charge in [0.15, 0.2) is 0 Å². The number of hydrogen-bond donors (Lipinski definition) is 1. The zero-order chi connectivity index (χ0) is 19.1. The smallest absolute Gasteiger partial charge is 0.335 e. The summed E-state index contributed by atoms with van der Waals surface area (Å²) in [6, 6.07) is 18.1. The van der Waals surface area contributed by atoms with E-state index >= 15 is 0 Å². The minimum absolute atomic E-state index is 0.330. The van der Waals surface area contributed by atoms with Crippen molar-refractivity contribution in [2.75, 3.05) is 18.0 Å². The van der Waals surface area contributed by atoms with Crippen LogP contribution in [0.3, 0.4) is 0 Å². The molecule has 0 amide bonds. The highest BCUT2D eigenvalue weighted by atomic mass is 16.4. The largest absolute Gasteiger partial charge is 0.478 e. The van der Waals surface area contributed by atoms with Crippen LogP contribution in [0.15, 0.2) is 48.5 Å². The lowest BCUT2D eigenvalue weighted by Crippen LogP contribution is -2.50. The lowest BCUT2D eigenvalue weighted by molar-refractivity contribution is 0.0697. The molecule has 2 unspecified atom stereocenters. The van der Waals surface area contributed by atoms with Crippen molar-refractivity contribution in [1.82, 2.24) is 4.90 Å². The van der Waals surface area contributed by atoms with E-state index in [4.69, 9.17) is 5.11 Å². The molecule has 2 aliphatic heterocycles. The Balaban J connectivity index is 1.26. The van der Waals surface area contributed by atoms with Crippen molar-refractivity contribution < 1.29 is 9.90 Å². The number of piperazine rings is 1. The number of carboxylic acids is 1. The molecule has 0 spiro atoms. The summed E-state index contributed by atoms with van der Waals surface area (Å²) in [5, 5.41) is 9.05. The van der Waals surface area contributed by atoms with Crippen molar-refractivity contribution in [2.24, 2.45) is 0 Å². The van der Waals surface area contributed by atoms with Crippen molar-refractivity contribution in [3.63, 3.8) is 0 Å². The molecule has 0 aromatic heterocycles. The Morgan fingerprint density at radius 3 is 2.00 bits per heavy atom. The highest BCUT2D eigenvalue weighted by Gasteiger charge is 2.45. The van der Waals surface area contributed by atoms with E-state index in [1.807, 2.05) is 12.1 Å². The van der Waals surface area contributed by atoms with Crippen molar-refractivity contribution >= 4 is 11.7 Å². The summed E-state index contributed by atoms with van der Waals surface area (Å²) in [7, 11) is 0. The average Bonchev–Trinajstić information content (AvgIpc) is 3.36. The van der Waals surface area contributed by atoms with Crippen molar-refractivity contribution in [3.05, 3.63) is 54.1 Å². The van der Waals surface area contributed by atoms with Gasteiger partial charge in [0.1, 0.15) is 0 Å². The Kier molecular flexibility index (Phi) is 4.59. The van der Waals surface area contributed by atoms with Crippen molar-refractivity contribution in [3.8, 4) is 11.1 Å². The van der Waals surface area contributed by atoms with Gasteiger partial charge in [0, 0.05) is 36.9 Å². The molecule has 4 nitrogen and oxygen atoms in total. The van der Waals surface area contributed by atoms with E-state index in [1.165, 1.54) is 50.8 Å². The quantitative estimate of drug-likeness (QED) is 0.844. The predicted molar refractivity (Wildman–Crippen MR) is 112 cm³/mol. The van der Waals surface area contributed by atoms with Crippen LogP contribution in [0.25, 0.3) is 11.1 Å². The number of fused-ring (bicyclic) bond motifs is 2. The summed E-state index contributed by atoms with van der Waals surface area (Å²) in [4.78, 5) is 16.4. The number of aromatic carboxylic acids is 1. The van der Waals surface area contributed by atoms with Gasteiger partial charge in [-0.15, -0.1) is 0 Å². The molecule has 3 fully saturated rings. The first-order valence-electron chi connectivity index (χ1n) is 10.7. The van der Waals surface area contributed by atoms with E-state index in [-0.39, 0.29) is 0 Å². The molecule has 5 rings (SSSR count). The Hall–Kier alpha value is -2.33. The second-order valence-corrected chi connectivity index (χ2v) is 8.61. The third kappa shape index (κ3) is 3.20. The highest BCUT2D eigenvalue weighted by Crippen LogP contribution is 2.38. The molecule has 0 radical (unpaired) electrons. The number of nitrogens with zero attached hydrogens (tertiary/aromatic N) is 2. The Labute approximate surface area is 166 Å². The van der Waals surface area contributed by atoms with E-state index in [9.17, 15) is 4.79 Å². The van der Waals surface area contributed by atoms with E-state index in [0.717, 1.165) is 29.8 Å². The minimum Gasteiger partial charge on any atom is -0.478 e. The average molecular weight is 377 g/mol. The molecule has 2 saturated heterocycles. The van der Waals surface area contributed by atoms with Gasteiger partial charge >= 0.3 is 5.97 Å². The zero-order valence-corrected chi connectivity index (χ0v) is 16.3. The summed E-state index contributed by atoms with van der Waals surface area (Å²) in [5.74, 6) is -0.881. The molecule has 3 aliphatic rings. The maximum atomic E-state index is 11.0. The van der Waals surface area contributed by atoms with Crippen molar-refractivity contribution in [1.29, 1.82) is 0 Å². The number of carboxylic acid groups (broad SMARTS) is 1. The zero-order valence-electron chi connectivity index (χ0n) is 16.3. The molecular weight excluding hydrogens is 348 g/mol. The van der Waals surface area contributed by atoms with Gasteiger partial charge in [-0.1, -0.05) is 43.5 Å². The second-order valence-electron chi connectivity index (χ2n) is 8.61. The van der Waals surface area contributed by atoms with E-state index in [0.29, 0.717) is 11.6 Å². The number of rotatable bonds is 4. The van der Waals surface area contributed by atoms with Crippen LogP contribution >= 0.6 is 0 Å². The van der Waals surface area contributed by atoms with Crippen LogP contribution in [0.1, 0.15) is 48.9 Å². The molecule has 2 atom stereocenters. The first-order chi connectivity index (χ1) is 13.7. The fourth-order valence-electron chi connectivity index (χ4n) is 5.52. The van der Waals surface area contributed by atoms with Gasteiger partial charge in [-0.25, -0.2) is 4.79 Å². The van der Waals surface area contributed by atoms with E-state index in [1.54, 1.807) is 12.1 Å². The van der Waals surface area contributed by atoms with Gasteiger partial charge < -0.3 is 10.0 Å². The topological polar surface area (TPSA) is 43.8 Å². The number of likely N-dealkylation sites (tertiary alicyclic amines) is 1. The third-order valence-corrected chi connectivity index (χ3v) is 6.99. The first-order valence-corrected chi connectivity index (χ1v) is 10.7. The van der Waals surface area contributed by atoms with Crippen LogP contribution in [0.4, 0.5) is 5.69 Å². The number of benzene rings is 2. The van der Waals surface area contributed by atoms with E-state index in [2.05, 4.69) is 34.1 Å². The van der Waals surface area contributed by atoms with Crippen molar-refractivity contribution in [2.45, 2.75) is 56.7 Å². The maximum Gasteiger partial charge on any atom is 0.335 e. The molecule has 1 saturated carbocycles. The Morgan fingerprint density at radius 1 is 0.786 bits per heavy atom. The van der Waals surface area contributed by atoms with Crippen LogP contribution < -0.4 is 4.90 Å². The van der Waals surface area contributed by atoms with Gasteiger partial charge in [0.05, 0.1) is 5.56 Å². The summed E-state index contributed by atoms with van der Waals surface area (Å²) in [6.45, 7) is 2.39. The molecule has 2 aromatic carbocycles. The summed E-state index contributed by atoms with van der Waals surface area (Å²) >= 11 is 0. The molecule has 28 heavy (non-hydrogen) atoms. The molecule has 2 heterocycles. The van der Waals surface area contributed by atoms with Crippen LogP contribution in [-0.2, 0) is 0 Å². The molecule has 1 aliphatic carbocycles. The van der Waals surface area contributed by atoms with Gasteiger partial charge in [0.25, 0.3) is 0 Å². The Morgan fingerprint density at radius 2 is 1.43 bits per heavy atom. The Bertz CT molecular complexity index is 840. The fraction of sp³-hybridized carbons (Fsp3) is 0.458. The standard InChI is InChI=1S/C24H28N2O2/c27-24(28)19-8-6-17(7-9-19)18-10-12-21(13-11-18)26-16-22-14-23(26)15-25(22)20-4-2-1-3-5-20/h6-13,20,22-23H,1-5,14-16H2,(H,27,28). The van der Waals surface area contributed by atoms with Gasteiger partial charge in [-0.2, -0.15) is 0 Å². The van der Waals surface area contributed by atoms with E-state index < -0.39 is 5.97 Å². The maximum absolute atomic E-state index is 11.0. The summed E-state index contributed by atoms with van der Waals surface area (Å²) in [5.41, 5.74) is 3.84. The second kappa shape index (κ2) is 7.25. The molecule has 4 heteroatoms. The van der Waals surface area contributed by atoms with Crippen LogP contribution in [-0.4, -0.2) is 47.2 Å². The van der Waals surface area contributed by atoms with Gasteiger partial charge in [-0.3, -0.25) is 4.90 Å². The number of anilines is 1. The minimum atomic E-state index is -0.881. The third-order valence-electron chi connectivity index (χ3n) is 6.99. The van der Waals surface area contributed by atoms with Gasteiger partial charge in [-0.05, 0) is 54.7 Å². The summed E-state index contributed by atoms with van der Waals surface area (Å²) < 4.78 is 0. The molecular formula is C24H28N2O2. The number of hydrogen-bond acceptors (Lipinski definition) is 3. The molecule has 1 N–H and O–H groups in total. The predicted octanol–water partition coefficient (Wildman–Crippen LogP) is 4.65. The highest BCUT2D eigenvalue weighted by molar-refractivity contribution is 5.88. The van der Waals surface area contributed by atoms with Crippen LogP contribution in [0, 0.1) is 0 Å². The van der Waals surface area contributed by atoms with Gasteiger partial charge in [0.2, 0.25) is 0 Å². The number of carbonyl (C=O) groups is 1. The molecule has 146 valence electrons. The normalized spacial score (nSPS) is 25.4. The SMILES string of the molecule is O=C(O)c1ccc(-c2ccc(N3CC4CC3CN4C3CCCCC3)cc2)cc1. The van der Waals surface area contributed by atoms with Crippen LogP contribution in [0.2, 0.25) is 0 Å².